The van der Waals surface area contributed by atoms with E-state index in [9.17, 15) is 5.11 Å². The largest absolute Gasteiger partial charge is 0.507 e. The van der Waals surface area contributed by atoms with Gasteiger partial charge in [-0.15, -0.1) is 0 Å². The van der Waals surface area contributed by atoms with Crippen molar-refractivity contribution in [2.75, 3.05) is 0 Å². The molecule has 1 heteroatoms. The van der Waals surface area contributed by atoms with Crippen LogP contribution in [0.2, 0.25) is 0 Å². The molecule has 0 saturated carbocycles. The lowest BCUT2D eigenvalue weighted by molar-refractivity contribution is 0.373. The number of phenolic OH excluding ortho intramolecular Hbond substituents is 1. The van der Waals surface area contributed by atoms with Gasteiger partial charge in [0.1, 0.15) is 5.75 Å². The van der Waals surface area contributed by atoms with E-state index in [-0.39, 0.29) is 16.2 Å². The third kappa shape index (κ3) is 15.7. The maximum Gasteiger partial charge on any atom is 0.123 e. The van der Waals surface area contributed by atoms with Crippen LogP contribution in [-0.4, -0.2) is 5.11 Å². The van der Waals surface area contributed by atoms with Crippen LogP contribution in [0.5, 0.6) is 5.75 Å². The van der Waals surface area contributed by atoms with Gasteiger partial charge in [-0.3, -0.25) is 0 Å². The second-order valence-corrected chi connectivity index (χ2v) is 16.2. The van der Waals surface area contributed by atoms with E-state index in [1.54, 1.807) is 0 Å². The highest BCUT2D eigenvalue weighted by molar-refractivity contribution is 5.51. The second-order valence-electron chi connectivity index (χ2n) is 16.2. The van der Waals surface area contributed by atoms with Gasteiger partial charge in [0.25, 0.3) is 0 Å². The first kappa shape index (κ1) is 40.0. The van der Waals surface area contributed by atoms with E-state index >= 15 is 0 Å². The van der Waals surface area contributed by atoms with Crippen LogP contribution in [-0.2, 0) is 16.2 Å². The van der Waals surface area contributed by atoms with Gasteiger partial charge in [-0.1, -0.05) is 209 Å². The lowest BCUT2D eigenvalue weighted by atomic mass is 9.70. The van der Waals surface area contributed by atoms with E-state index in [1.165, 1.54) is 158 Å². The van der Waals surface area contributed by atoms with Crippen LogP contribution < -0.4 is 0 Å². The molecule has 0 heterocycles. The number of hydrogen-bond acceptors (Lipinski definition) is 1. The van der Waals surface area contributed by atoms with E-state index in [0.717, 1.165) is 12.8 Å². The minimum atomic E-state index is -0.0248. The van der Waals surface area contributed by atoms with Crippen molar-refractivity contribution in [3.63, 3.8) is 0 Å². The summed E-state index contributed by atoms with van der Waals surface area (Å²) in [7, 11) is 0. The van der Waals surface area contributed by atoms with Crippen LogP contribution in [0.4, 0.5) is 0 Å². The molecule has 1 N–H and O–H groups in total. The molecule has 43 heavy (non-hydrogen) atoms. The SMILES string of the molecule is CCCCCCCCCC(C)(C)c1cc(C(C)(C)CCCCCCCCC)c(O)c(C(C)(C)CCCCCCCCC)c1. The highest BCUT2D eigenvalue weighted by Gasteiger charge is 2.33. The summed E-state index contributed by atoms with van der Waals surface area (Å²) in [6.45, 7) is 21.4. The fourth-order valence-electron chi connectivity index (χ4n) is 7.04. The van der Waals surface area contributed by atoms with Gasteiger partial charge in [-0.05, 0) is 41.1 Å². The van der Waals surface area contributed by atoms with Crippen molar-refractivity contribution < 1.29 is 5.11 Å². The zero-order chi connectivity index (χ0) is 32.2. The number of phenols is 1. The van der Waals surface area contributed by atoms with Crippen molar-refractivity contribution in [3.05, 3.63) is 28.8 Å². The Labute approximate surface area is 271 Å². The lowest BCUT2D eigenvalue weighted by Gasteiger charge is -2.35. The van der Waals surface area contributed by atoms with Crippen molar-refractivity contribution in [1.29, 1.82) is 0 Å². The molecule has 0 bridgehead atoms. The zero-order valence-electron chi connectivity index (χ0n) is 31.1. The van der Waals surface area contributed by atoms with Crippen LogP contribution in [0, 0.1) is 0 Å². The Morgan fingerprint density at radius 2 is 0.651 bits per heavy atom. The molecule has 1 aromatic rings. The summed E-state index contributed by atoms with van der Waals surface area (Å²) < 4.78 is 0. The molecule has 252 valence electrons. The van der Waals surface area contributed by atoms with Gasteiger partial charge < -0.3 is 5.11 Å². The van der Waals surface area contributed by atoms with Gasteiger partial charge >= 0.3 is 0 Å². The van der Waals surface area contributed by atoms with Crippen molar-refractivity contribution >= 4 is 0 Å². The van der Waals surface area contributed by atoms with Gasteiger partial charge in [-0.25, -0.2) is 0 Å². The summed E-state index contributed by atoms with van der Waals surface area (Å²) in [6.07, 6.45) is 31.7. The summed E-state index contributed by atoms with van der Waals surface area (Å²) in [5.41, 5.74) is 3.91. The average Bonchev–Trinajstić information content (AvgIpc) is 2.95. The third-order valence-electron chi connectivity index (χ3n) is 10.6. The fourth-order valence-corrected chi connectivity index (χ4v) is 7.04. The Morgan fingerprint density at radius 3 is 0.953 bits per heavy atom. The minimum Gasteiger partial charge on any atom is -0.507 e. The molecule has 0 spiro atoms. The number of unbranched alkanes of at least 4 members (excludes halogenated alkanes) is 18. The molecule has 0 unspecified atom stereocenters. The average molecular weight is 599 g/mol. The van der Waals surface area contributed by atoms with E-state index in [0.29, 0.717) is 5.75 Å². The first-order valence-electron chi connectivity index (χ1n) is 19.3. The van der Waals surface area contributed by atoms with E-state index in [4.69, 9.17) is 0 Å². The van der Waals surface area contributed by atoms with Gasteiger partial charge in [0.2, 0.25) is 0 Å². The van der Waals surface area contributed by atoms with E-state index < -0.39 is 0 Å². The fraction of sp³-hybridized carbons (Fsp3) is 0.857. The van der Waals surface area contributed by atoms with Crippen molar-refractivity contribution in [2.24, 2.45) is 0 Å². The maximum atomic E-state index is 12.0. The predicted octanol–water partition coefficient (Wildman–Crippen LogP) is 14.6. The molecule has 0 amide bonds. The molecular formula is C42H78O. The number of rotatable bonds is 27. The molecule has 0 aliphatic carbocycles. The van der Waals surface area contributed by atoms with Gasteiger partial charge in [-0.2, -0.15) is 0 Å². The molecular weight excluding hydrogens is 520 g/mol. The van der Waals surface area contributed by atoms with Crippen molar-refractivity contribution in [3.8, 4) is 5.75 Å². The van der Waals surface area contributed by atoms with Crippen molar-refractivity contribution in [1.82, 2.24) is 0 Å². The minimum absolute atomic E-state index is 0.0248. The monoisotopic (exact) mass is 599 g/mol. The smallest absolute Gasteiger partial charge is 0.123 e. The topological polar surface area (TPSA) is 20.2 Å². The van der Waals surface area contributed by atoms with Gasteiger partial charge in [0.15, 0.2) is 0 Å². The Balaban J connectivity index is 3.11. The molecule has 0 fully saturated rings. The number of hydrogen-bond donors (Lipinski definition) is 1. The predicted molar refractivity (Wildman–Crippen MR) is 195 cm³/mol. The number of aromatic hydroxyl groups is 1. The van der Waals surface area contributed by atoms with Crippen LogP contribution in [0.1, 0.15) is 233 Å². The molecule has 0 aliphatic heterocycles. The second kappa shape index (κ2) is 21.7. The molecule has 1 nitrogen and oxygen atoms in total. The van der Waals surface area contributed by atoms with Crippen molar-refractivity contribution in [2.45, 2.75) is 233 Å². The molecule has 0 saturated heterocycles. The summed E-state index contributed by atoms with van der Waals surface area (Å²) in [5, 5.41) is 12.0. The highest BCUT2D eigenvalue weighted by atomic mass is 16.3. The van der Waals surface area contributed by atoms with Crippen LogP contribution >= 0.6 is 0 Å². The molecule has 0 atom stereocenters. The van der Waals surface area contributed by atoms with Crippen LogP contribution in [0.15, 0.2) is 12.1 Å². The highest BCUT2D eigenvalue weighted by Crippen LogP contribution is 2.46. The van der Waals surface area contributed by atoms with Crippen LogP contribution in [0.3, 0.4) is 0 Å². The Kier molecular flexibility index (Phi) is 20.2. The first-order chi connectivity index (χ1) is 20.4. The molecule has 0 aromatic heterocycles. The molecule has 0 aliphatic rings. The van der Waals surface area contributed by atoms with Gasteiger partial charge in [0.05, 0.1) is 0 Å². The quantitative estimate of drug-likeness (QED) is 0.0999. The summed E-state index contributed by atoms with van der Waals surface area (Å²) in [5.74, 6) is 0.594. The number of benzene rings is 1. The molecule has 0 radical (unpaired) electrons. The first-order valence-corrected chi connectivity index (χ1v) is 19.3. The summed E-state index contributed by atoms with van der Waals surface area (Å²) >= 11 is 0. The lowest BCUT2D eigenvalue weighted by Crippen LogP contribution is -2.25. The molecule has 1 rings (SSSR count). The Morgan fingerprint density at radius 1 is 0.395 bits per heavy atom. The van der Waals surface area contributed by atoms with Gasteiger partial charge in [0, 0.05) is 11.1 Å². The van der Waals surface area contributed by atoms with E-state index in [2.05, 4.69) is 74.4 Å². The normalized spacial score (nSPS) is 12.8. The molecule has 1 aromatic carbocycles. The maximum absolute atomic E-state index is 12.0. The Hall–Kier alpha value is -0.980. The Bertz CT molecular complexity index is 778. The zero-order valence-corrected chi connectivity index (χ0v) is 31.1. The third-order valence-corrected chi connectivity index (χ3v) is 10.6. The standard InChI is InChI=1S/C42H78O/c1-10-13-16-19-22-25-28-31-40(4,5)36-34-37(41(6,7)32-29-26-23-20-17-14-11-2)39(43)38(35-36)42(8,9)33-30-27-24-21-18-15-12-3/h34-35,43H,10-33H2,1-9H3. The summed E-state index contributed by atoms with van der Waals surface area (Å²) in [4.78, 5) is 0. The summed E-state index contributed by atoms with van der Waals surface area (Å²) in [6, 6.07) is 4.84. The van der Waals surface area contributed by atoms with E-state index in [1.807, 2.05) is 0 Å². The van der Waals surface area contributed by atoms with Crippen LogP contribution in [0.25, 0.3) is 0 Å².